The number of esters is 1. The van der Waals surface area contributed by atoms with Crippen molar-refractivity contribution in [3.8, 4) is 5.75 Å². The number of amides is 1. The molecular formula is C17H15NO3S. The molecule has 0 spiro atoms. The summed E-state index contributed by atoms with van der Waals surface area (Å²) in [7, 11) is 0. The molecule has 0 bridgehead atoms. The number of aryl methyl sites for hydroxylation is 1. The summed E-state index contributed by atoms with van der Waals surface area (Å²) < 4.78 is 5.30. The Hall–Kier alpha value is -2.27. The number of nitrogens with zero attached hydrogens (tertiary/aromatic N) is 1. The molecule has 2 aromatic rings. The van der Waals surface area contributed by atoms with Crippen LogP contribution in [0, 0.1) is 6.92 Å². The maximum Gasteiger partial charge on any atom is 0.331 e. The molecule has 1 heterocycles. The predicted molar refractivity (Wildman–Crippen MR) is 86.3 cm³/mol. The van der Waals surface area contributed by atoms with Crippen molar-refractivity contribution in [1.82, 2.24) is 0 Å². The quantitative estimate of drug-likeness (QED) is 0.645. The lowest BCUT2D eigenvalue weighted by Crippen LogP contribution is -2.40. The summed E-state index contributed by atoms with van der Waals surface area (Å²) in [4.78, 5) is 26.7. The fourth-order valence-corrected chi connectivity index (χ4v) is 3.16. The van der Waals surface area contributed by atoms with Crippen LogP contribution in [0.5, 0.6) is 5.75 Å². The van der Waals surface area contributed by atoms with E-state index in [-0.39, 0.29) is 12.5 Å². The van der Waals surface area contributed by atoms with Gasteiger partial charge < -0.3 is 4.74 Å². The van der Waals surface area contributed by atoms with Crippen LogP contribution in [0.3, 0.4) is 0 Å². The molecule has 0 aromatic heterocycles. The van der Waals surface area contributed by atoms with Gasteiger partial charge in [-0.25, -0.2) is 4.79 Å². The van der Waals surface area contributed by atoms with Gasteiger partial charge in [-0.1, -0.05) is 29.8 Å². The van der Waals surface area contributed by atoms with Gasteiger partial charge >= 0.3 is 5.97 Å². The molecule has 1 aliphatic rings. The monoisotopic (exact) mass is 313 g/mol. The number of fused-ring (bicyclic) bond motifs is 1. The van der Waals surface area contributed by atoms with Crippen LogP contribution in [0.1, 0.15) is 5.56 Å². The third kappa shape index (κ3) is 3.14. The third-order valence-corrected chi connectivity index (χ3v) is 4.40. The summed E-state index contributed by atoms with van der Waals surface area (Å²) in [6.07, 6.45) is 0. The molecule has 0 atom stereocenters. The van der Waals surface area contributed by atoms with Gasteiger partial charge in [0.2, 0.25) is 5.91 Å². The molecule has 1 aliphatic heterocycles. The lowest BCUT2D eigenvalue weighted by Gasteiger charge is -2.27. The smallest absolute Gasteiger partial charge is 0.331 e. The average Bonchev–Trinajstić information content (AvgIpc) is 2.52. The van der Waals surface area contributed by atoms with Crippen molar-refractivity contribution in [2.24, 2.45) is 0 Å². The highest BCUT2D eigenvalue weighted by Gasteiger charge is 2.26. The predicted octanol–water partition coefficient (Wildman–Crippen LogP) is 3.04. The second-order valence-electron chi connectivity index (χ2n) is 5.02. The molecule has 3 rings (SSSR count). The maximum absolute atomic E-state index is 12.1. The van der Waals surface area contributed by atoms with Crippen molar-refractivity contribution in [3.05, 3.63) is 54.1 Å². The van der Waals surface area contributed by atoms with Crippen LogP contribution in [-0.4, -0.2) is 24.2 Å². The first-order chi connectivity index (χ1) is 10.6. The first-order valence-corrected chi connectivity index (χ1v) is 7.91. The van der Waals surface area contributed by atoms with Gasteiger partial charge in [0.15, 0.2) is 0 Å². The minimum Gasteiger partial charge on any atom is -0.425 e. The van der Waals surface area contributed by atoms with Gasteiger partial charge in [0.05, 0.1) is 11.4 Å². The Labute approximate surface area is 133 Å². The molecule has 0 aliphatic carbocycles. The number of thioether (sulfide) groups is 1. The highest BCUT2D eigenvalue weighted by Crippen LogP contribution is 2.34. The van der Waals surface area contributed by atoms with Gasteiger partial charge in [-0.3, -0.25) is 9.69 Å². The van der Waals surface area contributed by atoms with Crippen molar-refractivity contribution in [3.63, 3.8) is 0 Å². The lowest BCUT2D eigenvalue weighted by atomic mass is 10.2. The Kier molecular flexibility index (Phi) is 4.15. The number of para-hydroxylation sites is 1. The minimum absolute atomic E-state index is 0.0791. The van der Waals surface area contributed by atoms with E-state index in [4.69, 9.17) is 4.74 Å². The van der Waals surface area contributed by atoms with Crippen molar-refractivity contribution >= 4 is 29.3 Å². The number of anilines is 1. The molecule has 5 heteroatoms. The van der Waals surface area contributed by atoms with E-state index in [1.165, 1.54) is 16.7 Å². The average molecular weight is 313 g/mol. The van der Waals surface area contributed by atoms with Crippen LogP contribution >= 0.6 is 11.8 Å². The number of carbonyl (C=O) groups excluding carboxylic acids is 2. The minimum atomic E-state index is -0.445. The number of ether oxygens (including phenoxy) is 1. The van der Waals surface area contributed by atoms with E-state index in [0.717, 1.165) is 16.1 Å². The fourth-order valence-electron chi connectivity index (χ4n) is 2.23. The van der Waals surface area contributed by atoms with Gasteiger partial charge in [0.1, 0.15) is 12.3 Å². The number of hydrogen-bond donors (Lipinski definition) is 0. The Morgan fingerprint density at radius 1 is 1.18 bits per heavy atom. The van der Waals surface area contributed by atoms with Crippen LogP contribution in [-0.2, 0) is 9.59 Å². The molecule has 0 saturated heterocycles. The van der Waals surface area contributed by atoms with E-state index >= 15 is 0 Å². The molecule has 112 valence electrons. The SMILES string of the molecule is Cc1ccc(OC(=O)CN2C(=O)CSc3ccccc32)cc1. The first kappa shape index (κ1) is 14.7. The summed E-state index contributed by atoms with van der Waals surface area (Å²) in [5.74, 6) is 0.306. The molecule has 4 nitrogen and oxygen atoms in total. The summed E-state index contributed by atoms with van der Waals surface area (Å²) >= 11 is 1.49. The number of benzene rings is 2. The fraction of sp³-hybridized carbons (Fsp3) is 0.176. The second kappa shape index (κ2) is 6.23. The van der Waals surface area contributed by atoms with Crippen LogP contribution < -0.4 is 9.64 Å². The summed E-state index contributed by atoms with van der Waals surface area (Å²) in [5.41, 5.74) is 1.86. The molecule has 0 N–H and O–H groups in total. The topological polar surface area (TPSA) is 46.6 Å². The molecule has 22 heavy (non-hydrogen) atoms. The van der Waals surface area contributed by atoms with Crippen LogP contribution in [0.2, 0.25) is 0 Å². The number of carbonyl (C=O) groups is 2. The van der Waals surface area contributed by atoms with Gasteiger partial charge in [0, 0.05) is 4.90 Å². The summed E-state index contributed by atoms with van der Waals surface area (Å²) in [5, 5.41) is 0. The van der Waals surface area contributed by atoms with Crippen LogP contribution in [0.15, 0.2) is 53.4 Å². The Morgan fingerprint density at radius 3 is 2.68 bits per heavy atom. The van der Waals surface area contributed by atoms with Crippen LogP contribution in [0.25, 0.3) is 0 Å². The maximum atomic E-state index is 12.1. The molecule has 0 fully saturated rings. The van der Waals surface area contributed by atoms with Gasteiger partial charge in [0.25, 0.3) is 0 Å². The van der Waals surface area contributed by atoms with Crippen LogP contribution in [0.4, 0.5) is 5.69 Å². The van der Waals surface area contributed by atoms with Crippen molar-refractivity contribution in [2.45, 2.75) is 11.8 Å². The summed E-state index contributed by atoms with van der Waals surface area (Å²) in [6.45, 7) is 1.89. The standard InChI is InChI=1S/C17H15NO3S/c1-12-6-8-13(9-7-12)21-17(20)10-18-14-4-2-3-5-15(14)22-11-16(18)19/h2-9H,10-11H2,1H3. The van der Waals surface area contributed by atoms with Crippen molar-refractivity contribution in [1.29, 1.82) is 0 Å². The number of hydrogen-bond acceptors (Lipinski definition) is 4. The Morgan fingerprint density at radius 2 is 1.91 bits per heavy atom. The van der Waals surface area contributed by atoms with Crippen molar-refractivity contribution in [2.75, 3.05) is 17.2 Å². The first-order valence-electron chi connectivity index (χ1n) is 6.93. The van der Waals surface area contributed by atoms with E-state index in [1.807, 2.05) is 43.3 Å². The zero-order valence-electron chi connectivity index (χ0n) is 12.1. The van der Waals surface area contributed by atoms with E-state index < -0.39 is 5.97 Å². The molecule has 0 radical (unpaired) electrons. The van der Waals surface area contributed by atoms with Gasteiger partial charge in [-0.05, 0) is 31.2 Å². The zero-order chi connectivity index (χ0) is 15.5. The number of rotatable bonds is 3. The molecular weight excluding hydrogens is 298 g/mol. The van der Waals surface area contributed by atoms with E-state index in [1.54, 1.807) is 12.1 Å². The van der Waals surface area contributed by atoms with E-state index in [2.05, 4.69) is 0 Å². The Balaban J connectivity index is 1.73. The van der Waals surface area contributed by atoms with E-state index in [9.17, 15) is 9.59 Å². The van der Waals surface area contributed by atoms with E-state index in [0.29, 0.717) is 11.5 Å². The molecule has 2 aromatic carbocycles. The molecule has 1 amide bonds. The highest BCUT2D eigenvalue weighted by atomic mass is 32.2. The largest absolute Gasteiger partial charge is 0.425 e. The van der Waals surface area contributed by atoms with Crippen molar-refractivity contribution < 1.29 is 14.3 Å². The second-order valence-corrected chi connectivity index (χ2v) is 6.04. The zero-order valence-corrected chi connectivity index (χ0v) is 12.9. The molecule has 0 saturated carbocycles. The Bertz CT molecular complexity index is 712. The lowest BCUT2D eigenvalue weighted by molar-refractivity contribution is -0.134. The van der Waals surface area contributed by atoms with Gasteiger partial charge in [-0.2, -0.15) is 0 Å². The normalized spacial score (nSPS) is 13.7. The molecule has 0 unspecified atom stereocenters. The van der Waals surface area contributed by atoms with Gasteiger partial charge in [-0.15, -0.1) is 11.8 Å². The summed E-state index contributed by atoms with van der Waals surface area (Å²) in [6, 6.07) is 14.8. The highest BCUT2D eigenvalue weighted by molar-refractivity contribution is 8.00. The third-order valence-electron chi connectivity index (χ3n) is 3.35.